The molecule has 2 aromatic rings. The molecule has 0 bridgehead atoms. The van der Waals surface area contributed by atoms with Crippen molar-refractivity contribution < 1.29 is 9.66 Å². The summed E-state index contributed by atoms with van der Waals surface area (Å²) in [5, 5.41) is 15.8. The summed E-state index contributed by atoms with van der Waals surface area (Å²) in [6.45, 7) is 0. The van der Waals surface area contributed by atoms with E-state index in [-0.39, 0.29) is 29.3 Å². The number of hydrogen-bond acceptors (Lipinski definition) is 4. The minimum atomic E-state index is -0.423. The number of fused-ring (bicyclic) bond motifs is 3. The van der Waals surface area contributed by atoms with Gasteiger partial charge >= 0.3 is 5.69 Å². The van der Waals surface area contributed by atoms with E-state index in [0.29, 0.717) is 10.0 Å². The number of benzene rings is 2. The van der Waals surface area contributed by atoms with Crippen LogP contribution in [0.4, 0.5) is 11.4 Å². The number of nitrogens with zero attached hydrogens (tertiary/aromatic N) is 1. The number of ether oxygens (including phenoxy) is 1. The van der Waals surface area contributed by atoms with E-state index < -0.39 is 4.92 Å². The van der Waals surface area contributed by atoms with Crippen LogP contribution in [0.1, 0.15) is 29.5 Å². The number of nitrogens with one attached hydrogen (secondary N) is 1. The largest absolute Gasteiger partial charge is 0.490 e. The van der Waals surface area contributed by atoms with Crippen molar-refractivity contribution in [1.82, 2.24) is 0 Å². The van der Waals surface area contributed by atoms with Crippen LogP contribution in [0, 0.1) is 16.0 Å². The first-order chi connectivity index (χ1) is 12.5. The number of hydrogen-bond donors (Lipinski definition) is 1. The molecule has 2 aromatic carbocycles. The van der Waals surface area contributed by atoms with Gasteiger partial charge in [-0.1, -0.05) is 47.5 Å². The van der Waals surface area contributed by atoms with Gasteiger partial charge in [-0.15, -0.1) is 0 Å². The summed E-state index contributed by atoms with van der Waals surface area (Å²) in [6, 6.07) is 8.78. The Kier molecular flexibility index (Phi) is 4.29. The number of nitro groups is 1. The molecule has 0 saturated carbocycles. The minimum absolute atomic E-state index is 0.0442. The molecule has 1 N–H and O–H groups in total. The van der Waals surface area contributed by atoms with Crippen LogP contribution in [0.3, 0.4) is 0 Å². The molecular weight excluding hydrogens is 375 g/mol. The second-order valence-corrected chi connectivity index (χ2v) is 7.27. The Hall–Kier alpha value is -2.24. The summed E-state index contributed by atoms with van der Waals surface area (Å²) in [5.41, 5.74) is 2.70. The van der Waals surface area contributed by atoms with Crippen molar-refractivity contribution in [3.8, 4) is 5.75 Å². The first-order valence-corrected chi connectivity index (χ1v) is 9.00. The molecule has 0 aromatic heterocycles. The second-order valence-electron chi connectivity index (χ2n) is 6.49. The molecular formula is C19H16Cl2N2O3. The molecule has 3 atom stereocenters. The molecule has 134 valence electrons. The van der Waals surface area contributed by atoms with E-state index in [9.17, 15) is 10.1 Å². The number of allylic oxidation sites excluding steroid dienone is 2. The van der Waals surface area contributed by atoms with Gasteiger partial charge in [0.25, 0.3) is 0 Å². The highest BCUT2D eigenvalue weighted by Gasteiger charge is 2.39. The molecule has 0 spiro atoms. The van der Waals surface area contributed by atoms with Crippen LogP contribution in [0.5, 0.6) is 5.75 Å². The van der Waals surface area contributed by atoms with E-state index >= 15 is 0 Å². The van der Waals surface area contributed by atoms with Gasteiger partial charge in [0.15, 0.2) is 5.75 Å². The average molecular weight is 391 g/mol. The van der Waals surface area contributed by atoms with Crippen LogP contribution in [0.25, 0.3) is 0 Å². The predicted molar refractivity (Wildman–Crippen MR) is 102 cm³/mol. The average Bonchev–Trinajstić information content (AvgIpc) is 3.13. The van der Waals surface area contributed by atoms with E-state index in [1.165, 1.54) is 7.11 Å². The van der Waals surface area contributed by atoms with Crippen LogP contribution >= 0.6 is 23.2 Å². The van der Waals surface area contributed by atoms with E-state index in [4.69, 9.17) is 27.9 Å². The quantitative estimate of drug-likeness (QED) is 0.412. The number of anilines is 1. The molecule has 7 heteroatoms. The Bertz CT molecular complexity index is 929. The Labute approximate surface area is 160 Å². The Morgan fingerprint density at radius 1 is 1.27 bits per heavy atom. The standard InChI is InChI=1S/C19H16Cl2N2O3/c1-26-16-8-5-10(9-15(16)23(24)25)18-12-4-2-3-11(12)13-6-7-14(20)17(21)19(13)22-18/h2-3,5-9,11-12,18,22H,4H2,1H3/t11-,12+,18+/m0/s1. The van der Waals surface area contributed by atoms with E-state index in [1.54, 1.807) is 12.1 Å². The molecule has 1 heterocycles. The molecule has 0 radical (unpaired) electrons. The maximum Gasteiger partial charge on any atom is 0.311 e. The fraction of sp³-hybridized carbons (Fsp3) is 0.263. The third kappa shape index (κ3) is 2.63. The van der Waals surface area contributed by atoms with Gasteiger partial charge in [-0.25, -0.2) is 0 Å². The molecule has 1 aliphatic carbocycles. The van der Waals surface area contributed by atoms with E-state index in [2.05, 4.69) is 17.5 Å². The first-order valence-electron chi connectivity index (χ1n) is 8.24. The lowest BCUT2D eigenvalue weighted by atomic mass is 9.77. The summed E-state index contributed by atoms with van der Waals surface area (Å²) >= 11 is 12.6. The fourth-order valence-electron chi connectivity index (χ4n) is 3.98. The van der Waals surface area contributed by atoms with Crippen LogP contribution in [0.2, 0.25) is 10.0 Å². The number of halogens is 2. The van der Waals surface area contributed by atoms with Crippen LogP contribution in [-0.4, -0.2) is 12.0 Å². The van der Waals surface area contributed by atoms with Gasteiger partial charge in [0, 0.05) is 12.0 Å². The summed E-state index contributed by atoms with van der Waals surface area (Å²) in [4.78, 5) is 11.0. The van der Waals surface area contributed by atoms with Gasteiger partial charge in [0.1, 0.15) is 0 Å². The van der Waals surface area contributed by atoms with Crippen molar-refractivity contribution in [2.75, 3.05) is 12.4 Å². The smallest absolute Gasteiger partial charge is 0.311 e. The monoisotopic (exact) mass is 390 g/mol. The maximum absolute atomic E-state index is 11.4. The minimum Gasteiger partial charge on any atom is -0.490 e. The molecule has 2 aliphatic rings. The van der Waals surface area contributed by atoms with Crippen molar-refractivity contribution in [1.29, 1.82) is 0 Å². The van der Waals surface area contributed by atoms with Crippen LogP contribution in [0.15, 0.2) is 42.5 Å². The van der Waals surface area contributed by atoms with Crippen molar-refractivity contribution in [2.24, 2.45) is 5.92 Å². The molecule has 0 unspecified atom stereocenters. The molecule has 0 fully saturated rings. The van der Waals surface area contributed by atoms with Crippen molar-refractivity contribution in [3.05, 3.63) is 73.8 Å². The Morgan fingerprint density at radius 3 is 2.81 bits per heavy atom. The number of rotatable bonds is 3. The first kappa shape index (κ1) is 17.2. The second kappa shape index (κ2) is 6.49. The van der Waals surface area contributed by atoms with E-state index in [1.807, 2.05) is 18.2 Å². The third-order valence-corrected chi connectivity index (χ3v) is 5.99. The zero-order valence-corrected chi connectivity index (χ0v) is 15.4. The molecule has 1 aliphatic heterocycles. The van der Waals surface area contributed by atoms with Gasteiger partial charge in [0.2, 0.25) is 0 Å². The van der Waals surface area contributed by atoms with Gasteiger partial charge in [-0.05, 0) is 35.6 Å². The summed E-state index contributed by atoms with van der Waals surface area (Å²) in [7, 11) is 1.43. The third-order valence-electron chi connectivity index (χ3n) is 5.19. The van der Waals surface area contributed by atoms with Gasteiger partial charge in [-0.3, -0.25) is 10.1 Å². The van der Waals surface area contributed by atoms with E-state index in [0.717, 1.165) is 23.2 Å². The van der Waals surface area contributed by atoms with Crippen molar-refractivity contribution >= 4 is 34.6 Å². The SMILES string of the molecule is COc1ccc([C@H]2Nc3c(ccc(Cl)c3Cl)[C@H]3C=CC[C@H]32)cc1[N+](=O)[O-]. The predicted octanol–water partition coefficient (Wildman–Crippen LogP) is 5.74. The lowest BCUT2D eigenvalue weighted by Crippen LogP contribution is -2.29. The lowest BCUT2D eigenvalue weighted by Gasteiger charge is -2.38. The van der Waals surface area contributed by atoms with Crippen molar-refractivity contribution in [2.45, 2.75) is 18.4 Å². The Balaban J connectivity index is 1.82. The molecule has 0 amide bonds. The number of nitro benzene ring substituents is 1. The van der Waals surface area contributed by atoms with Crippen LogP contribution in [-0.2, 0) is 0 Å². The van der Waals surface area contributed by atoms with Crippen LogP contribution < -0.4 is 10.1 Å². The highest BCUT2D eigenvalue weighted by Crippen LogP contribution is 2.53. The topological polar surface area (TPSA) is 64.4 Å². The Morgan fingerprint density at radius 2 is 2.08 bits per heavy atom. The zero-order chi connectivity index (χ0) is 18.4. The van der Waals surface area contributed by atoms with Gasteiger partial charge in [0.05, 0.1) is 33.8 Å². The maximum atomic E-state index is 11.4. The fourth-order valence-corrected chi connectivity index (χ4v) is 4.36. The summed E-state index contributed by atoms with van der Waals surface area (Å²) < 4.78 is 5.11. The zero-order valence-electron chi connectivity index (χ0n) is 13.9. The summed E-state index contributed by atoms with van der Waals surface area (Å²) in [6.07, 6.45) is 5.22. The highest BCUT2D eigenvalue weighted by atomic mass is 35.5. The van der Waals surface area contributed by atoms with Crippen molar-refractivity contribution in [3.63, 3.8) is 0 Å². The molecule has 0 saturated heterocycles. The molecule has 5 nitrogen and oxygen atoms in total. The highest BCUT2D eigenvalue weighted by molar-refractivity contribution is 6.43. The molecule has 4 rings (SSSR count). The number of methoxy groups -OCH3 is 1. The lowest BCUT2D eigenvalue weighted by molar-refractivity contribution is -0.385. The van der Waals surface area contributed by atoms with Gasteiger partial charge < -0.3 is 10.1 Å². The molecule has 26 heavy (non-hydrogen) atoms. The van der Waals surface area contributed by atoms with Gasteiger partial charge in [-0.2, -0.15) is 0 Å². The summed E-state index contributed by atoms with van der Waals surface area (Å²) in [5.74, 6) is 0.706. The normalized spacial score (nSPS) is 23.1.